The molecule has 1 aromatic heterocycles. The molecule has 2 aromatic rings. The van der Waals surface area contributed by atoms with Gasteiger partial charge in [0.2, 0.25) is 0 Å². The summed E-state index contributed by atoms with van der Waals surface area (Å²) in [5.41, 5.74) is 9.19. The van der Waals surface area contributed by atoms with Crippen LogP contribution in [0.15, 0.2) is 24.5 Å². The average molecular weight is 285 g/mol. The highest BCUT2D eigenvalue weighted by molar-refractivity contribution is 5.77. The van der Waals surface area contributed by atoms with Gasteiger partial charge in [-0.3, -0.25) is 0 Å². The fraction of sp³-hybridized carbons (Fsp3) is 0.471. The molecule has 0 saturated heterocycles. The Morgan fingerprint density at radius 2 is 2.14 bits per heavy atom. The van der Waals surface area contributed by atoms with Crippen LogP contribution in [-0.4, -0.2) is 15.2 Å². The van der Waals surface area contributed by atoms with E-state index in [4.69, 9.17) is 10.5 Å². The molecule has 4 heteroatoms. The third-order valence-electron chi connectivity index (χ3n) is 3.79. The summed E-state index contributed by atoms with van der Waals surface area (Å²) in [4.78, 5) is 4.52. The lowest BCUT2D eigenvalue weighted by atomic mass is 10.00. The largest absolute Gasteiger partial charge is 0.487 e. The monoisotopic (exact) mass is 285 g/mol. The van der Waals surface area contributed by atoms with Crippen LogP contribution < -0.4 is 10.5 Å². The molecule has 2 N–H and O–H groups in total. The quantitative estimate of drug-likeness (QED) is 0.939. The van der Waals surface area contributed by atoms with Gasteiger partial charge in [0.05, 0.1) is 6.33 Å². The lowest BCUT2D eigenvalue weighted by Crippen LogP contribution is -2.24. The molecule has 1 aliphatic rings. The molecule has 0 unspecified atom stereocenters. The maximum atomic E-state index is 6.29. The van der Waals surface area contributed by atoms with Gasteiger partial charge in [0.15, 0.2) is 0 Å². The predicted molar refractivity (Wildman–Crippen MR) is 85.3 cm³/mol. The van der Waals surface area contributed by atoms with Crippen LogP contribution in [0.1, 0.15) is 33.3 Å². The number of anilines is 1. The first kappa shape index (κ1) is 14.0. The van der Waals surface area contributed by atoms with Gasteiger partial charge in [-0.05, 0) is 31.4 Å². The first-order chi connectivity index (χ1) is 9.87. The fourth-order valence-corrected chi connectivity index (χ4v) is 2.94. The summed E-state index contributed by atoms with van der Waals surface area (Å²) in [6.45, 7) is 9.44. The lowest BCUT2D eigenvalue weighted by Gasteiger charge is -2.18. The summed E-state index contributed by atoms with van der Waals surface area (Å²) in [6, 6.07) is 6.22. The van der Waals surface area contributed by atoms with Gasteiger partial charge in [0, 0.05) is 18.5 Å². The standard InChI is InChI=1S/C17H23N3O/c1-11(2)9-20-10-19-14(16(20)18)13-7-5-6-12-8-17(3,4)21-15(12)13/h5-7,10-11H,8-9,18H2,1-4H3. The highest BCUT2D eigenvalue weighted by atomic mass is 16.5. The van der Waals surface area contributed by atoms with Crippen molar-refractivity contribution < 1.29 is 4.74 Å². The van der Waals surface area contributed by atoms with E-state index in [1.54, 1.807) is 0 Å². The van der Waals surface area contributed by atoms with Crippen LogP contribution in [0, 0.1) is 5.92 Å². The van der Waals surface area contributed by atoms with Crippen LogP contribution in [0.2, 0.25) is 0 Å². The zero-order valence-corrected chi connectivity index (χ0v) is 13.2. The summed E-state index contributed by atoms with van der Waals surface area (Å²) in [5, 5.41) is 0. The highest BCUT2D eigenvalue weighted by Gasteiger charge is 2.32. The van der Waals surface area contributed by atoms with Gasteiger partial charge in [-0.1, -0.05) is 26.0 Å². The van der Waals surface area contributed by atoms with Gasteiger partial charge in [0.25, 0.3) is 0 Å². The molecule has 1 aromatic carbocycles. The molecule has 0 saturated carbocycles. The number of hydrogen-bond donors (Lipinski definition) is 1. The van der Waals surface area contributed by atoms with E-state index in [0.717, 1.165) is 30.0 Å². The van der Waals surface area contributed by atoms with E-state index in [-0.39, 0.29) is 5.60 Å². The minimum absolute atomic E-state index is 0.159. The number of rotatable bonds is 3. The number of imidazole rings is 1. The van der Waals surface area contributed by atoms with Gasteiger partial charge in [0.1, 0.15) is 22.9 Å². The Morgan fingerprint density at radius 3 is 2.86 bits per heavy atom. The predicted octanol–water partition coefficient (Wildman–Crippen LogP) is 3.50. The summed E-state index contributed by atoms with van der Waals surface area (Å²) in [5.74, 6) is 2.18. The fourth-order valence-electron chi connectivity index (χ4n) is 2.94. The molecule has 0 bridgehead atoms. The van der Waals surface area contributed by atoms with Crippen molar-refractivity contribution >= 4 is 5.82 Å². The Hall–Kier alpha value is -1.97. The topological polar surface area (TPSA) is 53.1 Å². The van der Waals surface area contributed by atoms with Crippen molar-refractivity contribution in [2.45, 2.75) is 46.3 Å². The Kier molecular flexibility index (Phi) is 3.19. The normalized spacial score (nSPS) is 16.0. The van der Waals surface area contributed by atoms with Crippen molar-refractivity contribution in [3.05, 3.63) is 30.1 Å². The zero-order valence-electron chi connectivity index (χ0n) is 13.2. The van der Waals surface area contributed by atoms with Crippen molar-refractivity contribution in [1.29, 1.82) is 0 Å². The van der Waals surface area contributed by atoms with E-state index in [1.165, 1.54) is 5.56 Å². The van der Waals surface area contributed by atoms with Crippen molar-refractivity contribution in [2.24, 2.45) is 5.92 Å². The van der Waals surface area contributed by atoms with Crippen molar-refractivity contribution in [3.63, 3.8) is 0 Å². The molecule has 21 heavy (non-hydrogen) atoms. The summed E-state index contributed by atoms with van der Waals surface area (Å²) in [6.07, 6.45) is 2.74. The molecule has 0 amide bonds. The van der Waals surface area contributed by atoms with Crippen molar-refractivity contribution in [1.82, 2.24) is 9.55 Å². The Labute approximate surface area is 125 Å². The number of ether oxygens (including phenoxy) is 1. The van der Waals surface area contributed by atoms with Crippen LogP contribution in [0.5, 0.6) is 5.75 Å². The molecule has 0 atom stereocenters. The molecule has 4 nitrogen and oxygen atoms in total. The minimum atomic E-state index is -0.159. The number of benzene rings is 1. The molecule has 1 aliphatic heterocycles. The number of aromatic nitrogens is 2. The maximum Gasteiger partial charge on any atom is 0.133 e. The summed E-state index contributed by atoms with van der Waals surface area (Å²) in [7, 11) is 0. The smallest absolute Gasteiger partial charge is 0.133 e. The molecule has 0 fully saturated rings. The SMILES string of the molecule is CC(C)Cn1cnc(-c2cccc3c2OC(C)(C)C3)c1N. The van der Waals surface area contributed by atoms with Gasteiger partial charge < -0.3 is 15.0 Å². The maximum absolute atomic E-state index is 6.29. The Morgan fingerprint density at radius 1 is 1.38 bits per heavy atom. The van der Waals surface area contributed by atoms with Crippen LogP contribution in [0.25, 0.3) is 11.3 Å². The number of fused-ring (bicyclic) bond motifs is 1. The molecule has 112 valence electrons. The third kappa shape index (κ3) is 2.50. The molecular formula is C17H23N3O. The van der Waals surface area contributed by atoms with Crippen molar-refractivity contribution in [3.8, 4) is 17.0 Å². The Balaban J connectivity index is 2.04. The molecule has 3 rings (SSSR count). The number of nitrogen functional groups attached to an aromatic ring is 1. The van der Waals surface area contributed by atoms with Gasteiger partial charge in [-0.2, -0.15) is 0 Å². The second-order valence-corrected chi connectivity index (χ2v) is 6.86. The summed E-state index contributed by atoms with van der Waals surface area (Å²) >= 11 is 0. The van der Waals surface area contributed by atoms with Gasteiger partial charge in [-0.15, -0.1) is 0 Å². The van der Waals surface area contributed by atoms with E-state index < -0.39 is 0 Å². The van der Waals surface area contributed by atoms with Crippen LogP contribution >= 0.6 is 0 Å². The van der Waals surface area contributed by atoms with Gasteiger partial charge >= 0.3 is 0 Å². The van der Waals surface area contributed by atoms with Crippen LogP contribution in [-0.2, 0) is 13.0 Å². The van der Waals surface area contributed by atoms with Crippen LogP contribution in [0.4, 0.5) is 5.82 Å². The molecule has 0 spiro atoms. The lowest BCUT2D eigenvalue weighted by molar-refractivity contribution is 0.139. The molecule has 0 radical (unpaired) electrons. The average Bonchev–Trinajstić information content (AvgIpc) is 2.88. The second kappa shape index (κ2) is 4.79. The Bertz CT molecular complexity index is 671. The highest BCUT2D eigenvalue weighted by Crippen LogP contribution is 2.43. The second-order valence-electron chi connectivity index (χ2n) is 6.86. The van der Waals surface area contributed by atoms with E-state index in [1.807, 2.05) is 17.0 Å². The molecular weight excluding hydrogens is 262 g/mol. The number of hydrogen-bond acceptors (Lipinski definition) is 3. The van der Waals surface area contributed by atoms with Crippen molar-refractivity contribution in [2.75, 3.05) is 5.73 Å². The first-order valence-electron chi connectivity index (χ1n) is 7.49. The van der Waals surface area contributed by atoms with E-state index in [0.29, 0.717) is 11.7 Å². The molecule has 2 heterocycles. The van der Waals surface area contributed by atoms with Crippen LogP contribution in [0.3, 0.4) is 0 Å². The molecule has 0 aliphatic carbocycles. The van der Waals surface area contributed by atoms with E-state index >= 15 is 0 Å². The third-order valence-corrected chi connectivity index (χ3v) is 3.79. The van der Waals surface area contributed by atoms with E-state index in [9.17, 15) is 0 Å². The van der Waals surface area contributed by atoms with Gasteiger partial charge in [-0.25, -0.2) is 4.98 Å². The summed E-state index contributed by atoms with van der Waals surface area (Å²) < 4.78 is 8.13. The minimum Gasteiger partial charge on any atom is -0.487 e. The van der Waals surface area contributed by atoms with E-state index in [2.05, 4.69) is 44.8 Å². The number of nitrogens with two attached hydrogens (primary N) is 1. The zero-order chi connectivity index (χ0) is 15.2. The first-order valence-corrected chi connectivity index (χ1v) is 7.49. The number of para-hydroxylation sites is 1. The number of nitrogens with zero attached hydrogens (tertiary/aromatic N) is 2.